The maximum atomic E-state index is 12.8. The predicted molar refractivity (Wildman–Crippen MR) is 138 cm³/mol. The maximum absolute atomic E-state index is 12.8. The highest BCUT2D eigenvalue weighted by molar-refractivity contribution is 8.26. The molecule has 1 aromatic heterocycles. The fraction of sp³-hybridized carbons (Fsp3) is 0.115. The molecule has 0 N–H and O–H groups in total. The lowest BCUT2D eigenvalue weighted by Gasteiger charge is -2.12. The summed E-state index contributed by atoms with van der Waals surface area (Å²) in [6, 6.07) is 15.9. The van der Waals surface area contributed by atoms with Crippen LogP contribution in [0.3, 0.4) is 0 Å². The number of hydrogen-bond donors (Lipinski definition) is 0. The topological polar surface area (TPSA) is 78.2 Å². The normalized spacial score (nSPS) is 14.7. The first kappa shape index (κ1) is 24.3. The smallest absolute Gasteiger partial charge is 0.336 e. The molecule has 0 radical (unpaired) electrons. The Hall–Kier alpha value is -3.82. The molecule has 0 spiro atoms. The lowest BCUT2D eigenvalue weighted by molar-refractivity contribution is -0.129. The van der Waals surface area contributed by atoms with Gasteiger partial charge in [0.1, 0.15) is 15.8 Å². The van der Waals surface area contributed by atoms with Crippen molar-refractivity contribution in [1.82, 2.24) is 4.90 Å². The van der Waals surface area contributed by atoms with Crippen molar-refractivity contribution in [2.24, 2.45) is 0 Å². The van der Waals surface area contributed by atoms with Crippen molar-refractivity contribution in [2.75, 3.05) is 14.2 Å². The number of amides is 1. The summed E-state index contributed by atoms with van der Waals surface area (Å²) in [4.78, 5) is 27.1. The van der Waals surface area contributed by atoms with E-state index in [1.54, 1.807) is 68.0 Å². The van der Waals surface area contributed by atoms with Crippen LogP contribution >= 0.6 is 24.0 Å². The number of rotatable bonds is 8. The van der Waals surface area contributed by atoms with Crippen molar-refractivity contribution < 1.29 is 28.2 Å². The van der Waals surface area contributed by atoms with Crippen LogP contribution in [0.25, 0.3) is 12.2 Å². The Kier molecular flexibility index (Phi) is 7.69. The molecule has 0 atom stereocenters. The SMILES string of the molecule is COc1ccc(/C=C/C(=O)Oc2ccc(/C=C3/SC(=S)N(Cc4ccco4)C3=O)cc2OC)cc1. The molecular weight excluding hydrogens is 486 g/mol. The summed E-state index contributed by atoms with van der Waals surface area (Å²) < 4.78 is 21.7. The molecular formula is C26H21NO6S2. The van der Waals surface area contributed by atoms with Crippen molar-refractivity contribution >= 4 is 52.3 Å². The number of thioether (sulfide) groups is 1. The number of carbonyl (C=O) groups excluding carboxylic acids is 2. The summed E-state index contributed by atoms with van der Waals surface area (Å²) in [5.41, 5.74) is 1.53. The van der Waals surface area contributed by atoms with Gasteiger partial charge in [0.25, 0.3) is 5.91 Å². The molecule has 9 heteroatoms. The van der Waals surface area contributed by atoms with E-state index >= 15 is 0 Å². The molecule has 4 rings (SSSR count). The van der Waals surface area contributed by atoms with Crippen LogP contribution in [0.2, 0.25) is 0 Å². The number of benzene rings is 2. The van der Waals surface area contributed by atoms with E-state index in [-0.39, 0.29) is 18.2 Å². The van der Waals surface area contributed by atoms with E-state index in [0.29, 0.717) is 26.3 Å². The zero-order valence-electron chi connectivity index (χ0n) is 18.9. The average Bonchev–Trinajstić information content (AvgIpc) is 3.48. The number of furan rings is 1. The third kappa shape index (κ3) is 6.00. The molecule has 35 heavy (non-hydrogen) atoms. The Bertz CT molecular complexity index is 1300. The summed E-state index contributed by atoms with van der Waals surface area (Å²) in [5.74, 6) is 1.25. The number of thiocarbonyl (C=S) groups is 1. The minimum Gasteiger partial charge on any atom is -0.497 e. The van der Waals surface area contributed by atoms with Crippen molar-refractivity contribution in [1.29, 1.82) is 0 Å². The fourth-order valence-corrected chi connectivity index (χ4v) is 4.48. The monoisotopic (exact) mass is 507 g/mol. The Morgan fingerprint density at radius 3 is 2.51 bits per heavy atom. The molecule has 0 unspecified atom stereocenters. The van der Waals surface area contributed by atoms with Gasteiger partial charge in [-0.25, -0.2) is 4.79 Å². The number of methoxy groups -OCH3 is 2. The second kappa shape index (κ2) is 11.1. The van der Waals surface area contributed by atoms with Crippen molar-refractivity contribution in [3.8, 4) is 17.2 Å². The molecule has 7 nitrogen and oxygen atoms in total. The molecule has 0 aliphatic carbocycles. The van der Waals surface area contributed by atoms with Crippen molar-refractivity contribution in [3.05, 3.63) is 88.7 Å². The van der Waals surface area contributed by atoms with Gasteiger partial charge in [0.05, 0.1) is 31.9 Å². The second-order valence-corrected chi connectivity index (χ2v) is 8.96. The minimum absolute atomic E-state index is 0.199. The van der Waals surface area contributed by atoms with Gasteiger partial charge in [0, 0.05) is 6.08 Å². The quantitative estimate of drug-likeness (QED) is 0.176. The molecule has 1 aliphatic heterocycles. The zero-order valence-corrected chi connectivity index (χ0v) is 20.6. The molecule has 2 aromatic carbocycles. The lowest BCUT2D eigenvalue weighted by atomic mass is 10.2. The maximum Gasteiger partial charge on any atom is 0.336 e. The first-order chi connectivity index (χ1) is 17.0. The molecule has 1 aliphatic rings. The van der Waals surface area contributed by atoms with Gasteiger partial charge >= 0.3 is 5.97 Å². The first-order valence-electron chi connectivity index (χ1n) is 10.5. The molecule has 1 fully saturated rings. The largest absolute Gasteiger partial charge is 0.497 e. The van der Waals surface area contributed by atoms with Gasteiger partial charge in [-0.3, -0.25) is 9.69 Å². The van der Waals surface area contributed by atoms with E-state index in [4.69, 9.17) is 30.8 Å². The van der Waals surface area contributed by atoms with Gasteiger partial charge in [-0.15, -0.1) is 0 Å². The second-order valence-electron chi connectivity index (χ2n) is 7.29. The standard InChI is InChI=1S/C26H21NO6S2/c1-30-19-9-5-17(6-10-19)8-12-24(28)33-21-11-7-18(14-22(21)31-2)15-23-25(29)27(26(34)35-23)16-20-4-3-13-32-20/h3-15H,16H2,1-2H3/b12-8+,23-15+. The van der Waals surface area contributed by atoms with Crippen molar-refractivity contribution in [3.63, 3.8) is 0 Å². The third-order valence-corrected chi connectivity index (χ3v) is 6.37. The van der Waals surface area contributed by atoms with Crippen LogP contribution in [-0.4, -0.2) is 35.3 Å². The van der Waals surface area contributed by atoms with Crippen LogP contribution in [0.15, 0.2) is 76.3 Å². The summed E-state index contributed by atoms with van der Waals surface area (Å²) in [6.45, 7) is 0.275. The Morgan fingerprint density at radius 1 is 1.06 bits per heavy atom. The number of carbonyl (C=O) groups is 2. The Morgan fingerprint density at radius 2 is 1.83 bits per heavy atom. The van der Waals surface area contributed by atoms with Crippen molar-refractivity contribution in [2.45, 2.75) is 6.54 Å². The van der Waals surface area contributed by atoms with Gasteiger partial charge in [0.15, 0.2) is 11.5 Å². The predicted octanol–water partition coefficient (Wildman–Crippen LogP) is 5.32. The Balaban J connectivity index is 1.44. The molecule has 1 amide bonds. The lowest BCUT2D eigenvalue weighted by Crippen LogP contribution is -2.27. The van der Waals surface area contributed by atoms with Crippen LogP contribution in [0.5, 0.6) is 17.2 Å². The number of hydrogen-bond acceptors (Lipinski definition) is 8. The average molecular weight is 508 g/mol. The van der Waals surface area contributed by atoms with Gasteiger partial charge in [-0.1, -0.05) is 42.2 Å². The molecule has 0 saturated carbocycles. The molecule has 2 heterocycles. The van der Waals surface area contributed by atoms with Crippen LogP contribution in [-0.2, 0) is 16.1 Å². The summed E-state index contributed by atoms with van der Waals surface area (Å²) >= 11 is 6.58. The van der Waals surface area contributed by atoms with Gasteiger partial charge in [-0.2, -0.15) is 0 Å². The highest BCUT2D eigenvalue weighted by Gasteiger charge is 2.32. The van der Waals surface area contributed by atoms with E-state index in [9.17, 15) is 9.59 Å². The molecule has 0 bridgehead atoms. The van der Waals surface area contributed by atoms with E-state index in [0.717, 1.165) is 11.3 Å². The summed E-state index contributed by atoms with van der Waals surface area (Å²) in [6.07, 6.45) is 6.25. The van der Waals surface area contributed by atoms with E-state index in [1.807, 2.05) is 12.1 Å². The van der Waals surface area contributed by atoms with Crippen LogP contribution in [0.1, 0.15) is 16.9 Å². The van der Waals surface area contributed by atoms with E-state index < -0.39 is 5.97 Å². The number of esters is 1. The number of nitrogens with zero attached hydrogens (tertiary/aromatic N) is 1. The highest BCUT2D eigenvalue weighted by atomic mass is 32.2. The Labute approximate surface area is 212 Å². The summed E-state index contributed by atoms with van der Waals surface area (Å²) in [7, 11) is 3.07. The third-order valence-electron chi connectivity index (χ3n) is 4.99. The van der Waals surface area contributed by atoms with E-state index in [1.165, 1.54) is 29.8 Å². The summed E-state index contributed by atoms with van der Waals surface area (Å²) in [5, 5.41) is 0. The van der Waals surface area contributed by atoms with Gasteiger partial charge in [0.2, 0.25) is 0 Å². The zero-order chi connectivity index (χ0) is 24.8. The van der Waals surface area contributed by atoms with Gasteiger partial charge in [-0.05, 0) is 59.7 Å². The van der Waals surface area contributed by atoms with Crippen LogP contribution in [0.4, 0.5) is 0 Å². The molecule has 1 saturated heterocycles. The molecule has 3 aromatic rings. The van der Waals surface area contributed by atoms with Gasteiger partial charge < -0.3 is 18.6 Å². The minimum atomic E-state index is -0.550. The fourth-order valence-electron chi connectivity index (χ4n) is 3.23. The van der Waals surface area contributed by atoms with E-state index in [2.05, 4.69) is 0 Å². The first-order valence-corrected chi connectivity index (χ1v) is 11.7. The van der Waals surface area contributed by atoms with Crippen LogP contribution in [0, 0.1) is 0 Å². The highest BCUT2D eigenvalue weighted by Crippen LogP contribution is 2.35. The van der Waals surface area contributed by atoms with Crippen LogP contribution < -0.4 is 14.2 Å². The number of ether oxygens (including phenoxy) is 3. The molecule has 178 valence electrons.